The number of hydrogen-bond donors (Lipinski definition) is 0. The number of para-hydroxylation sites is 2. The van der Waals surface area contributed by atoms with Gasteiger partial charge in [-0.05, 0) is 71.6 Å². The summed E-state index contributed by atoms with van der Waals surface area (Å²) < 4.78 is 2.50. The summed E-state index contributed by atoms with van der Waals surface area (Å²) in [6.45, 7) is 4.03. The summed E-state index contributed by atoms with van der Waals surface area (Å²) in [5, 5.41) is 11.8. The van der Waals surface area contributed by atoms with Gasteiger partial charge in [0.2, 0.25) is 0 Å². The van der Waals surface area contributed by atoms with Gasteiger partial charge in [0.05, 0.1) is 16.7 Å². The maximum atomic E-state index is 5.17. The van der Waals surface area contributed by atoms with Gasteiger partial charge in [-0.3, -0.25) is 0 Å². The molecule has 5 heteroatoms. The van der Waals surface area contributed by atoms with Crippen molar-refractivity contribution in [2.24, 2.45) is 27.3 Å². The van der Waals surface area contributed by atoms with Crippen LogP contribution in [0.2, 0.25) is 0 Å². The van der Waals surface area contributed by atoms with Crippen LogP contribution in [-0.4, -0.2) is 21.8 Å². The number of fused-ring (bicyclic) bond motifs is 1. The van der Waals surface area contributed by atoms with Crippen LogP contribution >= 0.6 is 0 Å². The fourth-order valence-electron chi connectivity index (χ4n) is 5.70. The van der Waals surface area contributed by atoms with E-state index < -0.39 is 0 Å². The minimum atomic E-state index is 0.577. The van der Waals surface area contributed by atoms with Gasteiger partial charge < -0.3 is 4.57 Å². The van der Waals surface area contributed by atoms with E-state index in [1.54, 1.807) is 0 Å². The number of hydrogen-bond acceptors (Lipinski definition) is 4. The molecule has 1 aliphatic heterocycles. The molecule has 0 radical (unpaired) electrons. The highest BCUT2D eigenvalue weighted by Crippen LogP contribution is 2.34. The molecule has 0 N–H and O–H groups in total. The highest BCUT2D eigenvalue weighted by molar-refractivity contribution is 6.02. The molecule has 0 bridgehead atoms. The lowest BCUT2D eigenvalue weighted by atomic mass is 9.83. The summed E-state index contributed by atoms with van der Waals surface area (Å²) in [4.78, 5) is 5.17. The Kier molecular flexibility index (Phi) is 6.46. The Morgan fingerprint density at radius 2 is 1.61 bits per heavy atom. The molecule has 0 amide bonds. The smallest absolute Gasteiger partial charge is 0.141 e. The molecule has 5 nitrogen and oxygen atoms in total. The molecule has 0 spiro atoms. The van der Waals surface area contributed by atoms with Gasteiger partial charge in [0.1, 0.15) is 12.4 Å². The Hall–Kier alpha value is -3.60. The Morgan fingerprint density at radius 1 is 0.833 bits per heavy atom. The number of aryl methyl sites for hydroxylation is 2. The molecule has 2 aliphatic rings. The number of imidazole rings is 1. The Balaban J connectivity index is 1.27. The summed E-state index contributed by atoms with van der Waals surface area (Å²) in [5.74, 6) is 2.71. The number of rotatable bonds is 7. The van der Waals surface area contributed by atoms with Gasteiger partial charge in [-0.15, -0.1) is 5.10 Å². The third-order valence-corrected chi connectivity index (χ3v) is 7.91. The van der Waals surface area contributed by atoms with Gasteiger partial charge in [-0.25, -0.2) is 4.98 Å². The van der Waals surface area contributed by atoms with Crippen molar-refractivity contribution in [1.82, 2.24) is 9.55 Å². The molecule has 3 aromatic carbocycles. The fraction of sp³-hybridized carbons (Fsp3) is 0.355. The number of nitrogens with zero attached hydrogens (tertiary/aromatic N) is 5. The van der Waals surface area contributed by atoms with Gasteiger partial charge in [-0.1, -0.05) is 80.4 Å². The van der Waals surface area contributed by atoms with Crippen molar-refractivity contribution in [3.63, 3.8) is 0 Å². The second kappa shape index (κ2) is 10.2. The van der Waals surface area contributed by atoms with E-state index >= 15 is 0 Å². The highest BCUT2D eigenvalue weighted by atomic mass is 15.4. The zero-order valence-electron chi connectivity index (χ0n) is 21.0. The van der Waals surface area contributed by atoms with Crippen LogP contribution in [-0.2, 0) is 19.4 Å². The first kappa shape index (κ1) is 22.8. The van der Waals surface area contributed by atoms with E-state index in [9.17, 15) is 0 Å². The summed E-state index contributed by atoms with van der Waals surface area (Å²) in [6, 6.07) is 26.1. The third-order valence-electron chi connectivity index (χ3n) is 7.91. The van der Waals surface area contributed by atoms with Crippen molar-refractivity contribution in [2.45, 2.75) is 52.0 Å². The van der Waals surface area contributed by atoms with Gasteiger partial charge in [-0.2, -0.15) is 5.11 Å². The molecule has 0 unspecified atom stereocenters. The van der Waals surface area contributed by atoms with E-state index in [4.69, 9.17) is 4.98 Å². The largest absolute Gasteiger partial charge is 0.324 e. The molecule has 1 fully saturated rings. The van der Waals surface area contributed by atoms with E-state index in [0.717, 1.165) is 53.8 Å². The third kappa shape index (κ3) is 4.75. The second-order valence-corrected chi connectivity index (χ2v) is 10.5. The first-order valence-electron chi connectivity index (χ1n) is 13.3. The van der Waals surface area contributed by atoms with Crippen LogP contribution in [0.5, 0.6) is 0 Å². The fourth-order valence-corrected chi connectivity index (χ4v) is 5.70. The highest BCUT2D eigenvalue weighted by Gasteiger charge is 2.22. The van der Waals surface area contributed by atoms with Crippen molar-refractivity contribution in [2.75, 3.05) is 6.54 Å². The molecule has 0 saturated heterocycles. The van der Waals surface area contributed by atoms with Crippen molar-refractivity contribution in [1.29, 1.82) is 0 Å². The molecular weight excluding hydrogens is 442 g/mol. The summed E-state index contributed by atoms with van der Waals surface area (Å²) in [7, 11) is 0. The molecule has 182 valence electrons. The lowest BCUT2D eigenvalue weighted by molar-refractivity contribution is 0.267. The molecule has 36 heavy (non-hydrogen) atoms. The molecule has 1 aliphatic carbocycles. The summed E-state index contributed by atoms with van der Waals surface area (Å²) in [5.41, 5.74) is 8.34. The maximum Gasteiger partial charge on any atom is 0.141 e. The van der Waals surface area contributed by atoms with Crippen molar-refractivity contribution in [3.05, 3.63) is 89.5 Å². The number of benzene rings is 3. The van der Waals surface area contributed by atoms with Gasteiger partial charge in [0.25, 0.3) is 0 Å². The van der Waals surface area contributed by atoms with Crippen LogP contribution in [0, 0.1) is 11.8 Å². The van der Waals surface area contributed by atoms with E-state index in [1.165, 1.54) is 47.9 Å². The topological polar surface area (TPSA) is 54.9 Å². The van der Waals surface area contributed by atoms with Crippen LogP contribution in [0.15, 0.2) is 88.2 Å². The standard InChI is InChI=1S/C31H33N5/c1-22-10-12-24(13-11-22)21-36-30-9-5-4-8-28(30)33-31(36)27-7-3-2-6-25(27)17-14-23-15-18-26(19-16-23)29-20-32-35-34-29/h2-9,15-16,18-19,22,24H,10-14,17,20-21H2,1H3. The van der Waals surface area contributed by atoms with E-state index in [2.05, 4.69) is 99.7 Å². The van der Waals surface area contributed by atoms with E-state index in [1.807, 2.05) is 0 Å². The lowest BCUT2D eigenvalue weighted by Gasteiger charge is -2.27. The Bertz CT molecular complexity index is 1400. The first-order valence-corrected chi connectivity index (χ1v) is 13.3. The van der Waals surface area contributed by atoms with E-state index in [0.29, 0.717) is 6.54 Å². The monoisotopic (exact) mass is 475 g/mol. The van der Waals surface area contributed by atoms with Gasteiger partial charge in [0.15, 0.2) is 0 Å². The quantitative estimate of drug-likeness (QED) is 0.273. The second-order valence-electron chi connectivity index (χ2n) is 10.5. The van der Waals surface area contributed by atoms with Crippen molar-refractivity contribution < 1.29 is 0 Å². The van der Waals surface area contributed by atoms with Gasteiger partial charge >= 0.3 is 0 Å². The van der Waals surface area contributed by atoms with Crippen LogP contribution in [0.1, 0.15) is 49.3 Å². The Labute approximate surface area is 213 Å². The molecule has 4 aromatic rings. The van der Waals surface area contributed by atoms with Crippen LogP contribution in [0.25, 0.3) is 22.4 Å². The van der Waals surface area contributed by atoms with Crippen molar-refractivity contribution >= 4 is 16.7 Å². The zero-order valence-corrected chi connectivity index (χ0v) is 21.0. The van der Waals surface area contributed by atoms with E-state index in [-0.39, 0.29) is 0 Å². The van der Waals surface area contributed by atoms with Gasteiger partial charge in [0, 0.05) is 12.1 Å². The molecule has 6 rings (SSSR count). The molecule has 1 saturated carbocycles. The predicted octanol–water partition coefficient (Wildman–Crippen LogP) is 7.48. The lowest BCUT2D eigenvalue weighted by Crippen LogP contribution is -2.18. The average Bonchev–Trinajstić information content (AvgIpc) is 3.58. The zero-order chi connectivity index (χ0) is 24.3. The van der Waals surface area contributed by atoms with Crippen LogP contribution in [0.3, 0.4) is 0 Å². The molecular formula is C31H33N5. The average molecular weight is 476 g/mol. The minimum absolute atomic E-state index is 0.577. The maximum absolute atomic E-state index is 5.17. The SMILES string of the molecule is CC1CCC(Cn2c(-c3ccccc3CCc3ccc(C4=NN=NC4)cc3)nc3ccccc32)CC1. The molecule has 2 heterocycles. The number of aromatic nitrogens is 2. The van der Waals surface area contributed by atoms with Crippen molar-refractivity contribution in [3.8, 4) is 11.4 Å². The Morgan fingerprint density at radius 3 is 2.42 bits per heavy atom. The minimum Gasteiger partial charge on any atom is -0.324 e. The summed E-state index contributed by atoms with van der Waals surface area (Å²) >= 11 is 0. The first-order chi connectivity index (χ1) is 17.7. The van der Waals surface area contributed by atoms with Crippen LogP contribution in [0.4, 0.5) is 0 Å². The summed E-state index contributed by atoms with van der Waals surface area (Å²) in [6.07, 6.45) is 7.29. The molecule has 1 aromatic heterocycles. The molecule has 0 atom stereocenters. The van der Waals surface area contributed by atoms with Crippen LogP contribution < -0.4 is 0 Å². The predicted molar refractivity (Wildman–Crippen MR) is 146 cm³/mol. The normalized spacial score (nSPS) is 19.6.